The van der Waals surface area contributed by atoms with Crippen LogP contribution in [0.2, 0.25) is 0 Å². The van der Waals surface area contributed by atoms with E-state index in [1.807, 2.05) is 11.8 Å². The molecule has 1 aromatic rings. The zero-order chi connectivity index (χ0) is 12.0. The van der Waals surface area contributed by atoms with Gasteiger partial charge in [-0.25, -0.2) is 4.98 Å². The van der Waals surface area contributed by atoms with E-state index >= 15 is 0 Å². The molecule has 4 nitrogen and oxygen atoms in total. The third kappa shape index (κ3) is 5.21. The topological polar surface area (TPSA) is 47.0 Å². The fraction of sp³-hybridized carbons (Fsp3) is 0.636. The molecule has 16 heavy (non-hydrogen) atoms. The minimum absolute atomic E-state index is 0.302. The monoisotopic (exact) mass is 241 g/mol. The Kier molecular flexibility index (Phi) is 4.86. The van der Waals surface area contributed by atoms with Crippen LogP contribution in [0.15, 0.2) is 12.3 Å². The van der Waals surface area contributed by atoms with E-state index in [1.165, 1.54) is 0 Å². The number of aromatic nitrogens is 2. The van der Waals surface area contributed by atoms with Crippen molar-refractivity contribution in [3.05, 3.63) is 12.3 Å². The summed E-state index contributed by atoms with van der Waals surface area (Å²) in [5.74, 6) is 2.24. The molecule has 0 bridgehead atoms. The van der Waals surface area contributed by atoms with Crippen LogP contribution in [0.4, 0.5) is 5.95 Å². The van der Waals surface area contributed by atoms with Crippen molar-refractivity contribution in [2.45, 2.75) is 25.5 Å². The largest absolute Gasteiger partial charge is 0.481 e. The molecule has 0 fully saturated rings. The number of nitrogens with zero attached hydrogens (tertiary/aromatic N) is 2. The van der Waals surface area contributed by atoms with Crippen molar-refractivity contribution in [2.75, 3.05) is 24.7 Å². The lowest BCUT2D eigenvalue weighted by Gasteiger charge is -2.17. The second kappa shape index (κ2) is 5.94. The Bertz CT molecular complexity index is 325. The molecule has 0 saturated carbocycles. The van der Waals surface area contributed by atoms with E-state index in [0.29, 0.717) is 16.6 Å². The Morgan fingerprint density at radius 3 is 2.81 bits per heavy atom. The Labute approximate surface area is 101 Å². The Hall–Kier alpha value is -0.970. The van der Waals surface area contributed by atoms with Gasteiger partial charge in [-0.3, -0.25) is 0 Å². The Morgan fingerprint density at radius 1 is 1.44 bits per heavy atom. The molecule has 0 amide bonds. The molecule has 90 valence electrons. The molecule has 1 N–H and O–H groups in total. The van der Waals surface area contributed by atoms with E-state index in [-0.39, 0.29) is 0 Å². The van der Waals surface area contributed by atoms with E-state index in [4.69, 9.17) is 4.74 Å². The zero-order valence-electron chi connectivity index (χ0n) is 10.3. The quantitative estimate of drug-likeness (QED) is 0.802. The van der Waals surface area contributed by atoms with Crippen LogP contribution in [0.25, 0.3) is 0 Å². The highest BCUT2D eigenvalue weighted by Crippen LogP contribution is 2.22. The van der Waals surface area contributed by atoms with Crippen LogP contribution in [-0.2, 0) is 0 Å². The van der Waals surface area contributed by atoms with Crippen molar-refractivity contribution in [1.82, 2.24) is 9.97 Å². The van der Waals surface area contributed by atoms with Gasteiger partial charge in [-0.1, -0.05) is 20.8 Å². The molecule has 1 rings (SSSR count). The number of anilines is 1. The molecule has 1 heterocycles. The number of thioether (sulfide) groups is 1. The first-order valence-corrected chi connectivity index (χ1v) is 6.25. The summed E-state index contributed by atoms with van der Waals surface area (Å²) in [6, 6.07) is 1.73. The highest BCUT2D eigenvalue weighted by atomic mass is 32.2. The van der Waals surface area contributed by atoms with Crippen molar-refractivity contribution in [2.24, 2.45) is 0 Å². The van der Waals surface area contributed by atoms with E-state index < -0.39 is 0 Å². The van der Waals surface area contributed by atoms with Crippen molar-refractivity contribution < 1.29 is 4.74 Å². The smallest absolute Gasteiger partial charge is 0.225 e. The molecular formula is C11H19N3OS. The van der Waals surface area contributed by atoms with Gasteiger partial charge in [-0.2, -0.15) is 16.7 Å². The minimum Gasteiger partial charge on any atom is -0.481 e. The summed E-state index contributed by atoms with van der Waals surface area (Å²) < 4.78 is 5.32. The number of hydrogen-bond donors (Lipinski definition) is 1. The minimum atomic E-state index is 0.302. The zero-order valence-corrected chi connectivity index (χ0v) is 11.1. The lowest BCUT2D eigenvalue weighted by atomic mass is 10.3. The SMILES string of the molecule is COc1ccnc(NCCSC(C)(C)C)n1. The van der Waals surface area contributed by atoms with Gasteiger partial charge in [-0.05, 0) is 0 Å². The second-order valence-electron chi connectivity index (χ2n) is 4.31. The van der Waals surface area contributed by atoms with Crippen LogP contribution < -0.4 is 10.1 Å². The predicted molar refractivity (Wildman–Crippen MR) is 69.3 cm³/mol. The van der Waals surface area contributed by atoms with Gasteiger partial charge in [0.1, 0.15) is 0 Å². The van der Waals surface area contributed by atoms with Gasteiger partial charge in [0.05, 0.1) is 7.11 Å². The van der Waals surface area contributed by atoms with Gasteiger partial charge in [-0.15, -0.1) is 0 Å². The van der Waals surface area contributed by atoms with Crippen molar-refractivity contribution in [3.63, 3.8) is 0 Å². The molecule has 0 aliphatic rings. The maximum atomic E-state index is 5.02. The van der Waals surface area contributed by atoms with Crippen molar-refractivity contribution in [1.29, 1.82) is 0 Å². The number of ether oxygens (including phenoxy) is 1. The van der Waals surface area contributed by atoms with Crippen LogP contribution in [0.3, 0.4) is 0 Å². The molecule has 0 radical (unpaired) electrons. The summed E-state index contributed by atoms with van der Waals surface area (Å²) in [7, 11) is 1.60. The first-order valence-electron chi connectivity index (χ1n) is 5.26. The molecule has 0 aliphatic carbocycles. The van der Waals surface area contributed by atoms with Crippen molar-refractivity contribution in [3.8, 4) is 5.88 Å². The average Bonchev–Trinajstić information content (AvgIpc) is 2.23. The standard InChI is InChI=1S/C11H19N3OS/c1-11(2,3)16-8-7-13-10-12-6-5-9(14-10)15-4/h5-6H,7-8H2,1-4H3,(H,12,13,14). The summed E-state index contributed by atoms with van der Waals surface area (Å²) in [4.78, 5) is 8.28. The van der Waals surface area contributed by atoms with Crippen LogP contribution in [0.5, 0.6) is 5.88 Å². The van der Waals surface area contributed by atoms with Crippen molar-refractivity contribution >= 4 is 17.7 Å². The number of hydrogen-bond acceptors (Lipinski definition) is 5. The van der Waals surface area contributed by atoms with Crippen LogP contribution in [0.1, 0.15) is 20.8 Å². The molecule has 0 aromatic carbocycles. The summed E-state index contributed by atoms with van der Waals surface area (Å²) in [5.41, 5.74) is 0. The normalized spacial score (nSPS) is 11.2. The summed E-state index contributed by atoms with van der Waals surface area (Å²) >= 11 is 1.91. The molecule has 0 aliphatic heterocycles. The average molecular weight is 241 g/mol. The van der Waals surface area contributed by atoms with E-state index in [2.05, 4.69) is 36.1 Å². The Balaban J connectivity index is 2.32. The summed E-state index contributed by atoms with van der Waals surface area (Å²) in [6.07, 6.45) is 1.69. The number of methoxy groups -OCH3 is 1. The fourth-order valence-corrected chi connectivity index (χ4v) is 1.88. The Morgan fingerprint density at radius 2 is 2.19 bits per heavy atom. The van der Waals surface area contributed by atoms with Crippen LogP contribution >= 0.6 is 11.8 Å². The van der Waals surface area contributed by atoms with Crippen LogP contribution in [0, 0.1) is 0 Å². The molecular weight excluding hydrogens is 222 g/mol. The molecule has 0 unspecified atom stereocenters. The van der Waals surface area contributed by atoms with Gasteiger partial charge in [0, 0.05) is 29.3 Å². The maximum Gasteiger partial charge on any atom is 0.225 e. The fourth-order valence-electron chi connectivity index (χ4n) is 1.06. The summed E-state index contributed by atoms with van der Waals surface area (Å²) in [6.45, 7) is 7.48. The van der Waals surface area contributed by atoms with E-state index in [0.717, 1.165) is 12.3 Å². The van der Waals surface area contributed by atoms with Gasteiger partial charge in [0.25, 0.3) is 0 Å². The van der Waals surface area contributed by atoms with E-state index in [1.54, 1.807) is 19.4 Å². The predicted octanol–water partition coefficient (Wildman–Crippen LogP) is 2.43. The van der Waals surface area contributed by atoms with E-state index in [9.17, 15) is 0 Å². The molecule has 1 aromatic heterocycles. The number of nitrogens with one attached hydrogen (secondary N) is 1. The van der Waals surface area contributed by atoms with Gasteiger partial charge in [0.2, 0.25) is 11.8 Å². The highest BCUT2D eigenvalue weighted by molar-refractivity contribution is 8.00. The first kappa shape index (κ1) is 13.1. The first-order chi connectivity index (χ1) is 7.51. The second-order valence-corrected chi connectivity index (χ2v) is 6.23. The summed E-state index contributed by atoms with van der Waals surface area (Å²) in [5, 5.41) is 3.17. The van der Waals surface area contributed by atoms with Gasteiger partial charge in [0.15, 0.2) is 0 Å². The van der Waals surface area contributed by atoms with Gasteiger partial charge < -0.3 is 10.1 Å². The highest BCUT2D eigenvalue weighted by Gasteiger charge is 2.09. The third-order valence-electron chi connectivity index (χ3n) is 1.76. The molecule has 0 spiro atoms. The molecule has 0 saturated heterocycles. The molecule has 5 heteroatoms. The van der Waals surface area contributed by atoms with Crippen LogP contribution in [-0.4, -0.2) is 34.1 Å². The maximum absolute atomic E-state index is 5.02. The number of rotatable bonds is 5. The lowest BCUT2D eigenvalue weighted by Crippen LogP contribution is -2.14. The lowest BCUT2D eigenvalue weighted by molar-refractivity contribution is 0.397. The molecule has 0 atom stereocenters. The third-order valence-corrected chi connectivity index (χ3v) is 3.03. The van der Waals surface area contributed by atoms with Gasteiger partial charge >= 0.3 is 0 Å².